The molecule has 9 heteroatoms. The summed E-state index contributed by atoms with van der Waals surface area (Å²) in [4.78, 5) is 29.8. The van der Waals surface area contributed by atoms with Gasteiger partial charge in [-0.2, -0.15) is 0 Å². The first-order valence-corrected chi connectivity index (χ1v) is 9.91. The van der Waals surface area contributed by atoms with E-state index in [1.54, 1.807) is 12.1 Å². The Bertz CT molecular complexity index is 1080. The van der Waals surface area contributed by atoms with Crippen LogP contribution < -0.4 is 25.1 Å². The number of carbonyl (C=O) groups is 2. The average Bonchev–Trinajstić information content (AvgIpc) is 3.44. The third-order valence-corrected chi connectivity index (χ3v) is 6.18. The highest BCUT2D eigenvalue weighted by Gasteiger charge is 2.21. The van der Waals surface area contributed by atoms with E-state index in [0.717, 1.165) is 19.3 Å². The summed E-state index contributed by atoms with van der Waals surface area (Å²) in [6, 6.07) is 5.23. The molecule has 0 atom stereocenters. The summed E-state index contributed by atoms with van der Waals surface area (Å²) < 4.78 is 16.1. The van der Waals surface area contributed by atoms with Crippen molar-refractivity contribution in [2.75, 3.05) is 21.3 Å². The number of thiophene rings is 1. The Labute approximate surface area is 171 Å². The minimum Gasteiger partial charge on any atom is -0.496 e. The van der Waals surface area contributed by atoms with Crippen molar-refractivity contribution in [1.29, 1.82) is 0 Å². The highest BCUT2D eigenvalue weighted by atomic mass is 32.1. The van der Waals surface area contributed by atoms with Crippen molar-refractivity contribution in [1.82, 2.24) is 15.8 Å². The van der Waals surface area contributed by atoms with Crippen molar-refractivity contribution in [2.45, 2.75) is 19.3 Å². The van der Waals surface area contributed by atoms with Crippen molar-refractivity contribution in [3.8, 4) is 17.2 Å². The monoisotopic (exact) mass is 415 g/mol. The molecule has 1 aliphatic carbocycles. The van der Waals surface area contributed by atoms with E-state index in [0.29, 0.717) is 33.0 Å². The summed E-state index contributed by atoms with van der Waals surface area (Å²) in [5.74, 6) is 0.654. The van der Waals surface area contributed by atoms with Gasteiger partial charge in [0.2, 0.25) is 0 Å². The predicted molar refractivity (Wildman–Crippen MR) is 109 cm³/mol. The first-order chi connectivity index (χ1) is 14.0. The molecule has 0 spiro atoms. The van der Waals surface area contributed by atoms with E-state index >= 15 is 0 Å². The number of hydrazine groups is 1. The molecule has 152 valence electrons. The highest BCUT2D eigenvalue weighted by molar-refractivity contribution is 7.14. The number of H-pyrrole nitrogens is 1. The Morgan fingerprint density at radius 1 is 0.966 bits per heavy atom. The lowest BCUT2D eigenvalue weighted by Crippen LogP contribution is -2.41. The number of hydrogen-bond donors (Lipinski definition) is 3. The summed E-state index contributed by atoms with van der Waals surface area (Å²) in [7, 11) is 4.57. The molecule has 2 aromatic heterocycles. The van der Waals surface area contributed by atoms with E-state index in [-0.39, 0.29) is 11.6 Å². The molecule has 3 aromatic rings. The van der Waals surface area contributed by atoms with Crippen LogP contribution in [-0.4, -0.2) is 38.1 Å². The Balaban J connectivity index is 1.54. The molecule has 0 saturated heterocycles. The zero-order valence-electron chi connectivity index (χ0n) is 16.3. The van der Waals surface area contributed by atoms with Crippen molar-refractivity contribution >= 4 is 34.1 Å². The van der Waals surface area contributed by atoms with Crippen molar-refractivity contribution in [2.24, 2.45) is 0 Å². The second-order valence-electron chi connectivity index (χ2n) is 6.61. The maximum atomic E-state index is 12.6. The number of hydrogen-bond acceptors (Lipinski definition) is 6. The van der Waals surface area contributed by atoms with Crippen molar-refractivity contribution in [3.63, 3.8) is 0 Å². The molecule has 0 radical (unpaired) electrons. The fraction of sp³-hybridized carbons (Fsp3) is 0.300. The van der Waals surface area contributed by atoms with Crippen LogP contribution in [0.2, 0.25) is 0 Å². The van der Waals surface area contributed by atoms with E-state index in [1.807, 2.05) is 6.07 Å². The fourth-order valence-corrected chi connectivity index (χ4v) is 4.69. The minimum absolute atomic E-state index is 0.249. The third-order valence-electron chi connectivity index (χ3n) is 4.94. The summed E-state index contributed by atoms with van der Waals surface area (Å²) in [5, 5.41) is 0.663. The zero-order chi connectivity index (χ0) is 20.5. The van der Waals surface area contributed by atoms with Crippen LogP contribution >= 0.6 is 11.3 Å². The van der Waals surface area contributed by atoms with E-state index in [4.69, 9.17) is 14.2 Å². The number of aromatic nitrogens is 1. The van der Waals surface area contributed by atoms with E-state index < -0.39 is 5.91 Å². The standard InChI is InChI=1S/C20H21N3O5S/c1-26-13-9-14(27-2)18(28-3)17-11(13)8-12(21-17)19(24)22-23-20(25)16-7-10-5-4-6-15(10)29-16/h7-9,21H,4-6H2,1-3H3,(H,22,24)(H,23,25). The Kier molecular flexibility index (Phi) is 5.06. The van der Waals surface area contributed by atoms with Crippen LogP contribution in [0.3, 0.4) is 0 Å². The van der Waals surface area contributed by atoms with Crippen LogP contribution in [0.15, 0.2) is 18.2 Å². The molecule has 0 bridgehead atoms. The van der Waals surface area contributed by atoms with Gasteiger partial charge in [-0.05, 0) is 37.0 Å². The molecule has 1 aromatic carbocycles. The molecular weight excluding hydrogens is 394 g/mol. The number of fused-ring (bicyclic) bond motifs is 2. The van der Waals surface area contributed by atoms with Gasteiger partial charge in [0.25, 0.3) is 11.8 Å². The predicted octanol–water partition coefficient (Wildman–Crippen LogP) is 2.82. The number of amides is 2. The van der Waals surface area contributed by atoms with Gasteiger partial charge in [-0.25, -0.2) is 0 Å². The quantitative estimate of drug-likeness (QED) is 0.556. The van der Waals surface area contributed by atoms with E-state index in [2.05, 4.69) is 15.8 Å². The van der Waals surface area contributed by atoms with Gasteiger partial charge in [0.05, 0.1) is 31.7 Å². The molecule has 0 fully saturated rings. The van der Waals surface area contributed by atoms with Crippen LogP contribution in [0.1, 0.15) is 37.0 Å². The Hall–Kier alpha value is -3.20. The average molecular weight is 415 g/mol. The zero-order valence-corrected chi connectivity index (χ0v) is 17.1. The van der Waals surface area contributed by atoms with Crippen LogP contribution in [0, 0.1) is 0 Å². The van der Waals surface area contributed by atoms with Crippen LogP contribution in [0.25, 0.3) is 10.9 Å². The van der Waals surface area contributed by atoms with Gasteiger partial charge < -0.3 is 19.2 Å². The molecule has 2 heterocycles. The van der Waals surface area contributed by atoms with Gasteiger partial charge in [0.1, 0.15) is 11.4 Å². The lowest BCUT2D eigenvalue weighted by Gasteiger charge is -2.11. The summed E-state index contributed by atoms with van der Waals surface area (Å²) in [5.41, 5.74) is 6.97. The number of benzene rings is 1. The summed E-state index contributed by atoms with van der Waals surface area (Å²) >= 11 is 1.48. The molecule has 0 saturated carbocycles. The Morgan fingerprint density at radius 2 is 1.72 bits per heavy atom. The number of carbonyl (C=O) groups excluding carboxylic acids is 2. The largest absolute Gasteiger partial charge is 0.496 e. The molecule has 0 aliphatic heterocycles. The molecule has 0 unspecified atom stereocenters. The molecule has 4 rings (SSSR count). The normalized spacial score (nSPS) is 12.5. The second-order valence-corrected chi connectivity index (χ2v) is 7.74. The second kappa shape index (κ2) is 7.67. The molecule has 29 heavy (non-hydrogen) atoms. The SMILES string of the molecule is COc1cc(OC)c2cc(C(=O)NNC(=O)c3cc4c(s3)CCC4)[nH]c2c1OC. The number of nitrogens with one attached hydrogen (secondary N) is 3. The van der Waals surface area contributed by atoms with Gasteiger partial charge in [0, 0.05) is 16.3 Å². The van der Waals surface area contributed by atoms with Gasteiger partial charge in [-0.3, -0.25) is 20.4 Å². The maximum absolute atomic E-state index is 12.6. The van der Waals surface area contributed by atoms with E-state index in [9.17, 15) is 9.59 Å². The molecule has 3 N–H and O–H groups in total. The van der Waals surface area contributed by atoms with Crippen LogP contribution in [-0.2, 0) is 12.8 Å². The van der Waals surface area contributed by atoms with Gasteiger partial charge in [-0.1, -0.05) is 0 Å². The first kappa shape index (κ1) is 19.1. The van der Waals surface area contributed by atoms with E-state index in [1.165, 1.54) is 43.1 Å². The van der Waals surface area contributed by atoms with Crippen LogP contribution in [0.5, 0.6) is 17.2 Å². The molecule has 8 nitrogen and oxygen atoms in total. The molecule has 2 amide bonds. The lowest BCUT2D eigenvalue weighted by molar-refractivity contribution is 0.0846. The summed E-state index contributed by atoms with van der Waals surface area (Å²) in [6.07, 6.45) is 3.16. The third kappa shape index (κ3) is 3.38. The first-order valence-electron chi connectivity index (χ1n) is 9.09. The smallest absolute Gasteiger partial charge is 0.286 e. The molecule has 1 aliphatic rings. The number of aryl methyl sites for hydroxylation is 2. The fourth-order valence-electron chi connectivity index (χ4n) is 3.54. The number of methoxy groups -OCH3 is 3. The molecular formula is C20H21N3O5S. The number of rotatable bonds is 5. The van der Waals surface area contributed by atoms with Gasteiger partial charge in [-0.15, -0.1) is 11.3 Å². The van der Waals surface area contributed by atoms with Crippen molar-refractivity contribution in [3.05, 3.63) is 39.2 Å². The van der Waals surface area contributed by atoms with Gasteiger partial charge in [0.15, 0.2) is 11.5 Å². The minimum atomic E-state index is -0.485. The van der Waals surface area contributed by atoms with Gasteiger partial charge >= 0.3 is 0 Å². The highest BCUT2D eigenvalue weighted by Crippen LogP contribution is 2.41. The topological polar surface area (TPSA) is 102 Å². The lowest BCUT2D eigenvalue weighted by atomic mass is 10.2. The Morgan fingerprint density at radius 3 is 2.41 bits per heavy atom. The van der Waals surface area contributed by atoms with Crippen molar-refractivity contribution < 1.29 is 23.8 Å². The maximum Gasteiger partial charge on any atom is 0.286 e. The number of aromatic amines is 1. The van der Waals surface area contributed by atoms with Crippen LogP contribution in [0.4, 0.5) is 0 Å². The summed E-state index contributed by atoms with van der Waals surface area (Å²) in [6.45, 7) is 0. The number of ether oxygens (including phenoxy) is 3.